The minimum Gasteiger partial charge on any atom is -0.316 e. The van der Waals surface area contributed by atoms with Gasteiger partial charge in [-0.05, 0) is 31.7 Å². The van der Waals surface area contributed by atoms with Gasteiger partial charge in [-0.1, -0.05) is 6.92 Å². The van der Waals surface area contributed by atoms with Gasteiger partial charge in [-0.25, -0.2) is 9.67 Å². The van der Waals surface area contributed by atoms with Gasteiger partial charge < -0.3 is 5.32 Å². The lowest BCUT2D eigenvalue weighted by Gasteiger charge is -2.19. The zero-order chi connectivity index (χ0) is 11.0. The van der Waals surface area contributed by atoms with Gasteiger partial charge in [0.2, 0.25) is 0 Å². The molecule has 0 saturated carbocycles. The number of aryl methyl sites for hydroxylation is 1. The van der Waals surface area contributed by atoms with Gasteiger partial charge >= 0.3 is 0 Å². The normalized spacial score (nSPS) is 30.1. The van der Waals surface area contributed by atoms with Crippen molar-refractivity contribution in [3.8, 4) is 0 Å². The lowest BCUT2D eigenvalue weighted by Crippen LogP contribution is -2.29. The fourth-order valence-electron chi connectivity index (χ4n) is 2.73. The molecular weight excluding hydrogens is 200 g/mol. The van der Waals surface area contributed by atoms with Gasteiger partial charge in [0.1, 0.15) is 5.82 Å². The first-order valence-electron chi connectivity index (χ1n) is 6.47. The number of rotatable bonds is 1. The molecule has 1 fully saturated rings. The van der Waals surface area contributed by atoms with Crippen LogP contribution in [-0.4, -0.2) is 27.9 Å². The molecule has 16 heavy (non-hydrogen) atoms. The molecule has 1 aromatic rings. The first-order valence-corrected chi connectivity index (χ1v) is 6.47. The average Bonchev–Trinajstić information content (AvgIpc) is 2.73. The number of nitrogens with zero attached hydrogens (tertiary/aromatic N) is 3. The van der Waals surface area contributed by atoms with Crippen molar-refractivity contribution in [1.29, 1.82) is 0 Å². The summed E-state index contributed by atoms with van der Waals surface area (Å²) in [6.07, 6.45) is 4.87. The summed E-state index contributed by atoms with van der Waals surface area (Å²) in [5.41, 5.74) is 0. The van der Waals surface area contributed by atoms with Crippen LogP contribution in [0.3, 0.4) is 0 Å². The van der Waals surface area contributed by atoms with E-state index in [2.05, 4.69) is 16.9 Å². The number of fused-ring (bicyclic) bond motifs is 1. The molecule has 0 amide bonds. The van der Waals surface area contributed by atoms with Crippen LogP contribution in [0.1, 0.15) is 43.8 Å². The van der Waals surface area contributed by atoms with Crippen molar-refractivity contribution in [2.45, 2.75) is 45.1 Å². The predicted molar refractivity (Wildman–Crippen MR) is 62.4 cm³/mol. The van der Waals surface area contributed by atoms with Crippen molar-refractivity contribution >= 4 is 0 Å². The Morgan fingerprint density at radius 3 is 3.12 bits per heavy atom. The number of nitrogens with one attached hydrogen (secondary N) is 1. The molecule has 3 heterocycles. The van der Waals surface area contributed by atoms with Crippen LogP contribution >= 0.6 is 0 Å². The fraction of sp³-hybridized carbons (Fsp3) is 0.833. The number of hydrogen-bond donors (Lipinski definition) is 1. The Morgan fingerprint density at radius 1 is 1.38 bits per heavy atom. The number of aromatic nitrogens is 3. The molecule has 4 nitrogen and oxygen atoms in total. The van der Waals surface area contributed by atoms with Crippen molar-refractivity contribution in [2.24, 2.45) is 5.92 Å². The van der Waals surface area contributed by atoms with Crippen molar-refractivity contribution in [2.75, 3.05) is 13.1 Å². The molecule has 1 saturated heterocycles. The predicted octanol–water partition coefficient (Wildman–Crippen LogP) is 1.33. The minimum atomic E-state index is 0.544. The smallest absolute Gasteiger partial charge is 0.155 e. The Labute approximate surface area is 96.4 Å². The molecular formula is C12H20N4. The molecule has 0 radical (unpaired) electrons. The van der Waals surface area contributed by atoms with Crippen LogP contribution < -0.4 is 5.32 Å². The van der Waals surface area contributed by atoms with E-state index in [1.54, 1.807) is 0 Å². The summed E-state index contributed by atoms with van der Waals surface area (Å²) in [4.78, 5) is 4.72. The second-order valence-electron chi connectivity index (χ2n) is 5.26. The van der Waals surface area contributed by atoms with E-state index in [1.807, 2.05) is 0 Å². The molecule has 0 spiro atoms. The van der Waals surface area contributed by atoms with Crippen LogP contribution in [0.25, 0.3) is 0 Å². The third kappa shape index (κ3) is 1.86. The molecule has 2 unspecified atom stereocenters. The maximum absolute atomic E-state index is 4.72. The van der Waals surface area contributed by atoms with Gasteiger partial charge in [0.05, 0.1) is 0 Å². The summed E-state index contributed by atoms with van der Waals surface area (Å²) in [6.45, 7) is 5.56. The molecule has 2 aliphatic rings. The topological polar surface area (TPSA) is 42.7 Å². The first-order chi connectivity index (χ1) is 7.83. The van der Waals surface area contributed by atoms with Crippen molar-refractivity contribution in [3.05, 3.63) is 11.6 Å². The molecule has 0 bridgehead atoms. The molecule has 4 heteroatoms. The largest absolute Gasteiger partial charge is 0.316 e. The highest BCUT2D eigenvalue weighted by Crippen LogP contribution is 2.23. The standard InChI is InChI=1S/C12H20N4/c1-9-4-5-11-14-12(15-16(11)8-9)10-3-2-6-13-7-10/h9-10,13H,2-8H2,1H3. The summed E-state index contributed by atoms with van der Waals surface area (Å²) in [5.74, 6) is 3.59. The van der Waals surface area contributed by atoms with Gasteiger partial charge in [-0.15, -0.1) is 0 Å². The molecule has 3 rings (SSSR count). The van der Waals surface area contributed by atoms with E-state index in [9.17, 15) is 0 Å². The van der Waals surface area contributed by atoms with E-state index < -0.39 is 0 Å². The van der Waals surface area contributed by atoms with Gasteiger partial charge in [-0.3, -0.25) is 0 Å². The molecule has 0 aliphatic carbocycles. The van der Waals surface area contributed by atoms with Crippen molar-refractivity contribution in [1.82, 2.24) is 20.1 Å². The zero-order valence-corrected chi connectivity index (χ0v) is 9.95. The first kappa shape index (κ1) is 10.3. The van der Waals surface area contributed by atoms with Gasteiger partial charge in [0.15, 0.2) is 5.82 Å². The highest BCUT2D eigenvalue weighted by molar-refractivity contribution is 5.03. The van der Waals surface area contributed by atoms with E-state index in [4.69, 9.17) is 10.1 Å². The maximum atomic E-state index is 4.72. The Hall–Kier alpha value is -0.900. The SMILES string of the molecule is CC1CCc2nc(C3CCCNC3)nn2C1. The highest BCUT2D eigenvalue weighted by atomic mass is 15.4. The number of hydrogen-bond acceptors (Lipinski definition) is 3. The van der Waals surface area contributed by atoms with Crippen LogP contribution in [-0.2, 0) is 13.0 Å². The molecule has 0 aromatic carbocycles. The second-order valence-corrected chi connectivity index (χ2v) is 5.26. The van der Waals surface area contributed by atoms with Crippen LogP contribution in [0.2, 0.25) is 0 Å². The van der Waals surface area contributed by atoms with E-state index in [0.717, 1.165) is 37.8 Å². The average molecular weight is 220 g/mol. The van der Waals surface area contributed by atoms with E-state index >= 15 is 0 Å². The van der Waals surface area contributed by atoms with E-state index in [0.29, 0.717) is 5.92 Å². The second kappa shape index (κ2) is 4.17. The van der Waals surface area contributed by atoms with E-state index in [-0.39, 0.29) is 0 Å². The monoisotopic (exact) mass is 220 g/mol. The third-order valence-electron chi connectivity index (χ3n) is 3.77. The Kier molecular flexibility index (Phi) is 2.67. The summed E-state index contributed by atoms with van der Waals surface area (Å²) in [5, 5.41) is 8.12. The van der Waals surface area contributed by atoms with Crippen molar-refractivity contribution in [3.63, 3.8) is 0 Å². The quantitative estimate of drug-likeness (QED) is 0.776. The van der Waals surface area contributed by atoms with Crippen LogP contribution in [0.5, 0.6) is 0 Å². The highest BCUT2D eigenvalue weighted by Gasteiger charge is 2.23. The third-order valence-corrected chi connectivity index (χ3v) is 3.77. The van der Waals surface area contributed by atoms with Crippen LogP contribution in [0.4, 0.5) is 0 Å². The van der Waals surface area contributed by atoms with Gasteiger partial charge in [0.25, 0.3) is 0 Å². The lowest BCUT2D eigenvalue weighted by molar-refractivity contribution is 0.365. The summed E-state index contributed by atoms with van der Waals surface area (Å²) in [6, 6.07) is 0. The summed E-state index contributed by atoms with van der Waals surface area (Å²) in [7, 11) is 0. The van der Waals surface area contributed by atoms with E-state index in [1.165, 1.54) is 25.1 Å². The zero-order valence-electron chi connectivity index (χ0n) is 9.95. The molecule has 88 valence electrons. The summed E-state index contributed by atoms with van der Waals surface area (Å²) < 4.78 is 2.14. The van der Waals surface area contributed by atoms with Gasteiger partial charge in [-0.2, -0.15) is 5.10 Å². The maximum Gasteiger partial charge on any atom is 0.155 e. The Bertz CT molecular complexity index is 365. The lowest BCUT2D eigenvalue weighted by atomic mass is 9.99. The minimum absolute atomic E-state index is 0.544. The van der Waals surface area contributed by atoms with Crippen LogP contribution in [0.15, 0.2) is 0 Å². The molecule has 2 aliphatic heterocycles. The molecule has 1 N–H and O–H groups in total. The fourth-order valence-corrected chi connectivity index (χ4v) is 2.73. The molecule has 1 aromatic heterocycles. The Balaban J connectivity index is 1.80. The van der Waals surface area contributed by atoms with Crippen LogP contribution in [0, 0.1) is 5.92 Å². The van der Waals surface area contributed by atoms with Crippen molar-refractivity contribution < 1.29 is 0 Å². The number of piperidine rings is 1. The summed E-state index contributed by atoms with van der Waals surface area (Å²) >= 11 is 0. The van der Waals surface area contributed by atoms with Gasteiger partial charge in [0, 0.05) is 25.4 Å². The Morgan fingerprint density at radius 2 is 2.31 bits per heavy atom. The molecule has 2 atom stereocenters.